The van der Waals surface area contributed by atoms with Gasteiger partial charge in [-0.25, -0.2) is 0 Å². The predicted molar refractivity (Wildman–Crippen MR) is 44.5 cm³/mol. The quantitative estimate of drug-likeness (QED) is 0.724. The van der Waals surface area contributed by atoms with E-state index < -0.39 is 19.3 Å². The molecule has 0 N–H and O–H groups in total. The van der Waals surface area contributed by atoms with E-state index in [-0.39, 0.29) is 8.08 Å². The molecule has 0 saturated carbocycles. The molecule has 0 spiro atoms. The van der Waals surface area contributed by atoms with Crippen molar-refractivity contribution in [2.45, 2.75) is 11.4 Å². The van der Waals surface area contributed by atoms with Gasteiger partial charge in [-0.05, 0) is 0 Å². The van der Waals surface area contributed by atoms with Gasteiger partial charge < -0.3 is 0 Å². The maximum atomic E-state index is 13.1. The molecule has 0 aliphatic carbocycles. The summed E-state index contributed by atoms with van der Waals surface area (Å²) in [5.74, 6) is 0. The van der Waals surface area contributed by atoms with Crippen LogP contribution in [0.25, 0.3) is 0 Å². The number of benzene rings is 1. The van der Waals surface area contributed by atoms with Crippen molar-refractivity contribution in [3.8, 4) is 0 Å². The van der Waals surface area contributed by atoms with E-state index in [0.717, 1.165) is 0 Å². The normalized spacial score (nSPS) is 13.0. The molecule has 0 aliphatic heterocycles. The van der Waals surface area contributed by atoms with Crippen molar-refractivity contribution in [3.05, 3.63) is 30.3 Å². The van der Waals surface area contributed by atoms with Crippen LogP contribution in [0.1, 0.15) is 6.92 Å². The molecule has 0 nitrogen and oxygen atoms in total. The van der Waals surface area contributed by atoms with Crippen molar-refractivity contribution < 1.29 is 5.78 Å². The maximum absolute atomic E-state index is 13.1. The average Bonchev–Trinajstić information content (AvgIpc) is 2.06. The van der Waals surface area contributed by atoms with Gasteiger partial charge in [-0.2, -0.15) is 0 Å². The zero-order valence-electron chi connectivity index (χ0n) is 6.26. The summed E-state index contributed by atoms with van der Waals surface area (Å²) in [5.41, 5.74) is 0. The summed E-state index contributed by atoms with van der Waals surface area (Å²) in [6, 6.07) is 8.17. The summed E-state index contributed by atoms with van der Waals surface area (Å²) >= 11 is -4.56. The van der Waals surface area contributed by atoms with Crippen LogP contribution in [-0.4, -0.2) is 19.3 Å². The van der Waals surface area contributed by atoms with Gasteiger partial charge in [0, 0.05) is 0 Å². The third-order valence-corrected chi connectivity index (χ3v) is 6.27. The van der Waals surface area contributed by atoms with Gasteiger partial charge in [0.2, 0.25) is 0 Å². The molecule has 0 aliphatic rings. The Kier molecular flexibility index (Phi) is 2.86. The first kappa shape index (κ1) is 8.96. The molecule has 1 aromatic rings. The van der Waals surface area contributed by atoms with Gasteiger partial charge >= 0.3 is 70.4 Å². The second-order valence-corrected chi connectivity index (χ2v) is 8.45. The molecular formula is C8H10F2Te. The molecule has 0 radical (unpaired) electrons. The second kappa shape index (κ2) is 3.51. The zero-order chi connectivity index (χ0) is 8.32. The fourth-order valence-electron chi connectivity index (χ4n) is 0.786. The van der Waals surface area contributed by atoms with E-state index in [1.807, 2.05) is 0 Å². The van der Waals surface area contributed by atoms with E-state index in [1.165, 1.54) is 12.1 Å². The minimum atomic E-state index is -4.56. The number of rotatable bonds is 2. The van der Waals surface area contributed by atoms with Gasteiger partial charge in [0.1, 0.15) is 0 Å². The van der Waals surface area contributed by atoms with Crippen molar-refractivity contribution in [1.82, 2.24) is 0 Å². The van der Waals surface area contributed by atoms with Crippen LogP contribution in [0.3, 0.4) is 0 Å². The van der Waals surface area contributed by atoms with E-state index in [4.69, 9.17) is 0 Å². The summed E-state index contributed by atoms with van der Waals surface area (Å²) in [4.78, 5) is 0. The molecule has 1 aromatic carbocycles. The molecular weight excluding hydrogens is 262 g/mol. The molecule has 0 heterocycles. The van der Waals surface area contributed by atoms with Crippen LogP contribution < -0.4 is 3.61 Å². The molecule has 1 rings (SSSR count). The molecule has 0 bridgehead atoms. The Bertz CT molecular complexity index is 221. The monoisotopic (exact) mass is 274 g/mol. The van der Waals surface area contributed by atoms with E-state index in [0.29, 0.717) is 0 Å². The van der Waals surface area contributed by atoms with Gasteiger partial charge in [-0.3, -0.25) is 0 Å². The molecule has 0 unspecified atom stereocenters. The van der Waals surface area contributed by atoms with Crippen LogP contribution in [0.2, 0.25) is 4.47 Å². The van der Waals surface area contributed by atoms with Crippen LogP contribution >= 0.6 is 0 Å². The molecule has 11 heavy (non-hydrogen) atoms. The molecule has 0 atom stereocenters. The molecule has 0 amide bonds. The van der Waals surface area contributed by atoms with E-state index >= 15 is 0 Å². The zero-order valence-corrected chi connectivity index (χ0v) is 8.59. The van der Waals surface area contributed by atoms with Gasteiger partial charge in [0.05, 0.1) is 0 Å². The van der Waals surface area contributed by atoms with Crippen molar-refractivity contribution in [1.29, 1.82) is 0 Å². The molecule has 0 aromatic heterocycles. The van der Waals surface area contributed by atoms with Gasteiger partial charge in [-0.15, -0.1) is 0 Å². The van der Waals surface area contributed by atoms with Crippen LogP contribution in [0.4, 0.5) is 5.78 Å². The Morgan fingerprint density at radius 2 is 1.73 bits per heavy atom. The third kappa shape index (κ3) is 2.15. The van der Waals surface area contributed by atoms with Crippen LogP contribution in [0.5, 0.6) is 0 Å². The summed E-state index contributed by atoms with van der Waals surface area (Å²) in [6.07, 6.45) is 0. The SMILES string of the molecule is CC[Te](F)(F)c1ccccc1. The average molecular weight is 272 g/mol. The standard InChI is InChI=1S/C8H10F2Te/c1-2-11(9,10)8-6-4-3-5-7-8/h3-7H,2H2,1H3. The Hall–Kier alpha value is -0.130. The Morgan fingerprint density at radius 3 is 2.18 bits per heavy atom. The van der Waals surface area contributed by atoms with Gasteiger partial charge in [0.25, 0.3) is 0 Å². The molecule has 0 fully saturated rings. The topological polar surface area (TPSA) is 0 Å². The molecule has 3 heteroatoms. The van der Waals surface area contributed by atoms with E-state index in [9.17, 15) is 5.78 Å². The number of hydrogen-bond donors (Lipinski definition) is 0. The number of halogens is 2. The van der Waals surface area contributed by atoms with Crippen molar-refractivity contribution >= 4 is 22.9 Å². The number of hydrogen-bond acceptors (Lipinski definition) is 0. The van der Waals surface area contributed by atoms with E-state index in [2.05, 4.69) is 0 Å². The minimum absolute atomic E-state index is 0.0481. The Morgan fingerprint density at radius 1 is 1.18 bits per heavy atom. The third-order valence-electron chi connectivity index (χ3n) is 1.45. The molecule has 0 saturated heterocycles. The molecule has 62 valence electrons. The van der Waals surface area contributed by atoms with Crippen molar-refractivity contribution in [3.63, 3.8) is 0 Å². The fraction of sp³-hybridized carbons (Fsp3) is 0.250. The summed E-state index contributed by atoms with van der Waals surface area (Å²) in [5, 5.41) is 0. The van der Waals surface area contributed by atoms with Crippen LogP contribution in [-0.2, 0) is 0 Å². The predicted octanol–water partition coefficient (Wildman–Crippen LogP) is 2.29. The Balaban J connectivity index is 2.93. The van der Waals surface area contributed by atoms with Gasteiger partial charge in [-0.1, -0.05) is 0 Å². The van der Waals surface area contributed by atoms with Crippen LogP contribution in [0.15, 0.2) is 30.3 Å². The van der Waals surface area contributed by atoms with Gasteiger partial charge in [0.15, 0.2) is 0 Å². The van der Waals surface area contributed by atoms with Crippen molar-refractivity contribution in [2.75, 3.05) is 0 Å². The summed E-state index contributed by atoms with van der Waals surface area (Å²) in [7, 11) is 0. The second-order valence-electron chi connectivity index (χ2n) is 2.18. The first-order chi connectivity index (χ1) is 5.17. The van der Waals surface area contributed by atoms with E-state index in [1.54, 1.807) is 25.1 Å². The first-order valence-electron chi connectivity index (χ1n) is 3.42. The van der Waals surface area contributed by atoms with Crippen molar-refractivity contribution in [2.24, 2.45) is 0 Å². The summed E-state index contributed by atoms with van der Waals surface area (Å²) < 4.78 is 26.5. The summed E-state index contributed by atoms with van der Waals surface area (Å²) in [6.45, 7) is 1.56. The fourth-order valence-corrected chi connectivity index (χ4v) is 3.32. The first-order valence-corrected chi connectivity index (χ1v) is 7.99. The Labute approximate surface area is 70.6 Å². The van der Waals surface area contributed by atoms with Crippen LogP contribution in [0, 0.1) is 0 Å².